The molecule has 2 aromatic rings. The Kier molecular flexibility index (Phi) is 5.12. The molecular weight excluding hydrogens is 348 g/mol. The predicted molar refractivity (Wildman–Crippen MR) is 105 cm³/mol. The maximum absolute atomic E-state index is 12.7. The van der Waals surface area contributed by atoms with E-state index in [2.05, 4.69) is 32.5 Å². The van der Waals surface area contributed by atoms with Crippen LogP contribution in [0.1, 0.15) is 26.2 Å². The molecule has 2 aliphatic heterocycles. The average Bonchev–Trinajstić information content (AvgIpc) is 3.17. The van der Waals surface area contributed by atoms with Crippen LogP contribution in [0.3, 0.4) is 0 Å². The Morgan fingerprint density at radius 1 is 1.42 bits per heavy atom. The van der Waals surface area contributed by atoms with Gasteiger partial charge in [0, 0.05) is 36.8 Å². The van der Waals surface area contributed by atoms with Crippen LogP contribution in [-0.2, 0) is 4.79 Å². The first kappa shape index (κ1) is 17.4. The van der Waals surface area contributed by atoms with Gasteiger partial charge < -0.3 is 20.5 Å². The Morgan fingerprint density at radius 2 is 2.35 bits per heavy atom. The number of nitrogens with zero attached hydrogens (tertiary/aromatic N) is 3. The number of carbonyl (C=O) groups is 1. The molecule has 0 aromatic carbocycles. The van der Waals surface area contributed by atoms with Gasteiger partial charge in [-0.15, -0.1) is 11.8 Å². The Bertz CT molecular complexity index is 813. The van der Waals surface area contributed by atoms with Crippen molar-refractivity contribution in [1.29, 1.82) is 0 Å². The number of H-pyrrole nitrogens is 1. The van der Waals surface area contributed by atoms with E-state index in [1.54, 1.807) is 18.1 Å². The molecule has 2 aromatic heterocycles. The molecule has 0 radical (unpaired) electrons. The smallest absolute Gasteiger partial charge is 0.259 e. The molecule has 2 atom stereocenters. The highest BCUT2D eigenvalue weighted by molar-refractivity contribution is 8.04. The van der Waals surface area contributed by atoms with Crippen LogP contribution in [0.15, 0.2) is 29.7 Å². The maximum Gasteiger partial charge on any atom is 0.259 e. The van der Waals surface area contributed by atoms with E-state index in [4.69, 9.17) is 0 Å². The number of nitrogens with one attached hydrogen (secondary N) is 3. The topological polar surface area (TPSA) is 85.9 Å². The predicted octanol–water partition coefficient (Wildman–Crippen LogP) is 2.00. The quantitative estimate of drug-likeness (QED) is 0.761. The van der Waals surface area contributed by atoms with Gasteiger partial charge in [-0.1, -0.05) is 6.42 Å². The van der Waals surface area contributed by atoms with Gasteiger partial charge in [0.2, 0.25) is 0 Å². The van der Waals surface area contributed by atoms with Crippen molar-refractivity contribution in [2.24, 2.45) is 0 Å². The van der Waals surface area contributed by atoms with E-state index in [9.17, 15) is 4.79 Å². The number of aromatic nitrogens is 3. The minimum atomic E-state index is -0.000980. The van der Waals surface area contributed by atoms with Crippen molar-refractivity contribution >= 4 is 34.5 Å². The summed E-state index contributed by atoms with van der Waals surface area (Å²) >= 11 is 1.60. The molecule has 1 amide bonds. The summed E-state index contributed by atoms with van der Waals surface area (Å²) in [6.07, 6.45) is 8.90. The summed E-state index contributed by atoms with van der Waals surface area (Å²) in [6.45, 7) is 3.94. The summed E-state index contributed by atoms with van der Waals surface area (Å²) in [7, 11) is 0. The lowest BCUT2D eigenvalue weighted by Gasteiger charge is -2.30. The summed E-state index contributed by atoms with van der Waals surface area (Å²) in [4.78, 5) is 27.3. The largest absolute Gasteiger partial charge is 0.348 e. The third kappa shape index (κ3) is 3.57. The number of hydrogen-bond donors (Lipinski definition) is 3. The lowest BCUT2D eigenvalue weighted by Crippen LogP contribution is -2.50. The number of piperidine rings is 1. The van der Waals surface area contributed by atoms with Gasteiger partial charge in [0.15, 0.2) is 0 Å². The number of fused-ring (bicyclic) bond motifs is 1. The second-order valence-corrected chi connectivity index (χ2v) is 7.93. The Balaban J connectivity index is 1.49. The molecule has 7 nitrogen and oxygen atoms in total. The minimum Gasteiger partial charge on any atom is -0.348 e. The maximum atomic E-state index is 12.7. The van der Waals surface area contributed by atoms with Crippen LogP contribution in [0.25, 0.3) is 11.0 Å². The van der Waals surface area contributed by atoms with Crippen LogP contribution >= 0.6 is 11.8 Å². The van der Waals surface area contributed by atoms with E-state index < -0.39 is 0 Å². The molecule has 3 N–H and O–H groups in total. The molecule has 0 saturated carbocycles. The van der Waals surface area contributed by atoms with Crippen LogP contribution in [-0.4, -0.2) is 51.8 Å². The molecule has 1 saturated heterocycles. The highest BCUT2D eigenvalue weighted by atomic mass is 32.2. The first-order valence-electron chi connectivity index (χ1n) is 9.16. The van der Waals surface area contributed by atoms with E-state index in [0.717, 1.165) is 47.0 Å². The minimum absolute atomic E-state index is 0.000980. The van der Waals surface area contributed by atoms with E-state index >= 15 is 0 Å². The summed E-state index contributed by atoms with van der Waals surface area (Å²) < 4.78 is 0. The van der Waals surface area contributed by atoms with E-state index in [1.807, 2.05) is 23.4 Å². The molecule has 4 rings (SSSR count). The highest BCUT2D eigenvalue weighted by Crippen LogP contribution is 2.29. The Labute approximate surface area is 157 Å². The summed E-state index contributed by atoms with van der Waals surface area (Å²) in [6, 6.07) is 2.45. The zero-order chi connectivity index (χ0) is 17.9. The van der Waals surface area contributed by atoms with Gasteiger partial charge in [0.1, 0.15) is 17.8 Å². The molecule has 0 aliphatic carbocycles. The monoisotopic (exact) mass is 372 g/mol. The fraction of sp³-hybridized carbons (Fsp3) is 0.500. The zero-order valence-electron chi connectivity index (χ0n) is 14.9. The lowest BCUT2D eigenvalue weighted by molar-refractivity contribution is -0.117. The van der Waals surface area contributed by atoms with Crippen LogP contribution in [0.2, 0.25) is 0 Å². The van der Waals surface area contributed by atoms with Crippen LogP contribution in [0.4, 0.5) is 5.82 Å². The number of anilines is 1. The SMILES string of the molecule is CC(NC(=O)C1=CN(c2ncnc3[nH]ccc23)CCS1)C1CCCCN1. The van der Waals surface area contributed by atoms with Gasteiger partial charge in [-0.25, -0.2) is 9.97 Å². The number of thioether (sulfide) groups is 1. The fourth-order valence-electron chi connectivity index (χ4n) is 3.56. The normalized spacial score (nSPS) is 22.1. The van der Waals surface area contributed by atoms with Gasteiger partial charge in [0.25, 0.3) is 5.91 Å². The number of hydrogen-bond acceptors (Lipinski definition) is 6. The highest BCUT2D eigenvalue weighted by Gasteiger charge is 2.25. The molecule has 138 valence electrons. The van der Waals surface area contributed by atoms with Crippen LogP contribution in [0.5, 0.6) is 0 Å². The standard InChI is InChI=1S/C18H24N6OS/c1-12(14-4-2-3-6-19-14)23-18(25)15-10-24(8-9-26-15)17-13-5-7-20-16(13)21-11-22-17/h5,7,10-12,14,19H,2-4,6,8-9H2,1H3,(H,23,25)(H,20,21,22). The van der Waals surface area contributed by atoms with Gasteiger partial charge >= 0.3 is 0 Å². The number of carbonyl (C=O) groups excluding carboxylic acids is 1. The van der Waals surface area contributed by atoms with Crippen molar-refractivity contribution in [2.75, 3.05) is 23.7 Å². The van der Waals surface area contributed by atoms with E-state index in [0.29, 0.717) is 6.04 Å². The molecule has 4 heterocycles. The zero-order valence-corrected chi connectivity index (χ0v) is 15.7. The fourth-order valence-corrected chi connectivity index (χ4v) is 4.46. The second-order valence-electron chi connectivity index (χ2n) is 6.79. The van der Waals surface area contributed by atoms with Crippen LogP contribution < -0.4 is 15.5 Å². The first-order valence-corrected chi connectivity index (χ1v) is 10.1. The van der Waals surface area contributed by atoms with E-state index in [1.165, 1.54) is 12.8 Å². The third-order valence-corrected chi connectivity index (χ3v) is 5.99. The number of amides is 1. The van der Waals surface area contributed by atoms with Gasteiger partial charge in [0.05, 0.1) is 10.3 Å². The average molecular weight is 372 g/mol. The Hall–Kier alpha value is -2.06. The Morgan fingerprint density at radius 3 is 3.19 bits per heavy atom. The molecular formula is C18H24N6OS. The summed E-state index contributed by atoms with van der Waals surface area (Å²) in [5, 5.41) is 7.64. The van der Waals surface area contributed by atoms with Crippen molar-refractivity contribution in [2.45, 2.75) is 38.3 Å². The van der Waals surface area contributed by atoms with Crippen molar-refractivity contribution in [3.8, 4) is 0 Å². The summed E-state index contributed by atoms with van der Waals surface area (Å²) in [5.41, 5.74) is 0.810. The van der Waals surface area contributed by atoms with Gasteiger partial charge in [-0.2, -0.15) is 0 Å². The molecule has 2 unspecified atom stereocenters. The summed E-state index contributed by atoms with van der Waals surface area (Å²) in [5.74, 6) is 1.69. The number of aromatic amines is 1. The number of rotatable bonds is 4. The van der Waals surface area contributed by atoms with Gasteiger partial charge in [-0.05, 0) is 32.4 Å². The van der Waals surface area contributed by atoms with Gasteiger partial charge in [-0.3, -0.25) is 4.79 Å². The molecule has 0 bridgehead atoms. The van der Waals surface area contributed by atoms with Crippen LogP contribution in [0, 0.1) is 0 Å². The van der Waals surface area contributed by atoms with Crippen molar-refractivity contribution in [3.63, 3.8) is 0 Å². The first-order chi connectivity index (χ1) is 12.7. The molecule has 1 fully saturated rings. The van der Waals surface area contributed by atoms with Crippen molar-refractivity contribution < 1.29 is 4.79 Å². The molecule has 26 heavy (non-hydrogen) atoms. The van der Waals surface area contributed by atoms with Crippen molar-refractivity contribution in [1.82, 2.24) is 25.6 Å². The van der Waals surface area contributed by atoms with Crippen molar-refractivity contribution in [3.05, 3.63) is 29.7 Å². The molecule has 2 aliphatic rings. The van der Waals surface area contributed by atoms with E-state index in [-0.39, 0.29) is 11.9 Å². The lowest BCUT2D eigenvalue weighted by atomic mass is 9.99. The second kappa shape index (κ2) is 7.67. The third-order valence-electron chi connectivity index (χ3n) is 5.00. The molecule has 0 spiro atoms. The molecule has 8 heteroatoms.